The number of cyclic esters (lactones) is 1. The molecule has 16 heavy (non-hydrogen) atoms. The van der Waals surface area contributed by atoms with Gasteiger partial charge in [-0.15, -0.1) is 0 Å². The minimum atomic E-state index is 0.0666. The van der Waals surface area contributed by atoms with E-state index in [0.717, 1.165) is 6.42 Å². The van der Waals surface area contributed by atoms with Crippen molar-refractivity contribution in [3.05, 3.63) is 11.6 Å². The summed E-state index contributed by atoms with van der Waals surface area (Å²) in [5, 5.41) is 0. The zero-order valence-corrected chi connectivity index (χ0v) is 10.2. The maximum absolute atomic E-state index is 11.7. The van der Waals surface area contributed by atoms with Gasteiger partial charge < -0.3 is 4.74 Å². The monoisotopic (exact) mass is 220 g/mol. The van der Waals surface area contributed by atoms with Gasteiger partial charge in [0.05, 0.1) is 12.5 Å². The number of allylic oxidation sites excluding steroid dienone is 2. The van der Waals surface area contributed by atoms with Crippen LogP contribution in [-0.2, 0) is 9.53 Å². The van der Waals surface area contributed by atoms with E-state index in [1.807, 2.05) is 0 Å². The Bertz CT molecular complexity index is 358. The van der Waals surface area contributed by atoms with E-state index in [-0.39, 0.29) is 11.9 Å². The zero-order valence-electron chi connectivity index (χ0n) is 10.2. The summed E-state index contributed by atoms with van der Waals surface area (Å²) in [6.45, 7) is 5.32. The molecule has 4 atom stereocenters. The summed E-state index contributed by atoms with van der Waals surface area (Å²) in [4.78, 5) is 11.7. The minimum absolute atomic E-state index is 0.0666. The topological polar surface area (TPSA) is 26.3 Å². The van der Waals surface area contributed by atoms with Crippen LogP contribution in [-0.4, -0.2) is 12.6 Å². The molecule has 2 aliphatic carbocycles. The van der Waals surface area contributed by atoms with Gasteiger partial charge in [0.2, 0.25) is 0 Å². The first-order chi connectivity index (χ1) is 7.63. The lowest BCUT2D eigenvalue weighted by Gasteiger charge is -2.50. The first-order valence-corrected chi connectivity index (χ1v) is 6.46. The quantitative estimate of drug-likeness (QED) is 0.463. The number of carbonyl (C=O) groups excluding carboxylic acids is 1. The van der Waals surface area contributed by atoms with Crippen molar-refractivity contribution in [2.24, 2.45) is 23.2 Å². The third kappa shape index (κ3) is 1.22. The fourth-order valence-electron chi connectivity index (χ4n) is 4.32. The molecule has 0 amide bonds. The molecule has 0 radical (unpaired) electrons. The van der Waals surface area contributed by atoms with Gasteiger partial charge in [-0.1, -0.05) is 18.6 Å². The summed E-state index contributed by atoms with van der Waals surface area (Å²) in [5.74, 6) is 1.43. The van der Waals surface area contributed by atoms with Crippen molar-refractivity contribution in [2.75, 3.05) is 6.61 Å². The molecule has 0 N–H and O–H groups in total. The third-order valence-corrected chi connectivity index (χ3v) is 5.30. The Balaban J connectivity index is 1.97. The predicted molar refractivity (Wildman–Crippen MR) is 61.8 cm³/mol. The average Bonchev–Trinajstić information content (AvgIpc) is 2.61. The lowest BCUT2D eigenvalue weighted by molar-refractivity contribution is -0.142. The number of hydrogen-bond donors (Lipinski definition) is 0. The number of ether oxygens (including phenoxy) is 1. The Kier molecular flexibility index (Phi) is 2.17. The Morgan fingerprint density at radius 2 is 2.25 bits per heavy atom. The largest absolute Gasteiger partial charge is 0.465 e. The van der Waals surface area contributed by atoms with E-state index in [4.69, 9.17) is 4.74 Å². The highest BCUT2D eigenvalue weighted by atomic mass is 16.5. The third-order valence-electron chi connectivity index (χ3n) is 5.30. The van der Waals surface area contributed by atoms with Crippen LogP contribution in [0.3, 0.4) is 0 Å². The molecule has 2 heteroatoms. The van der Waals surface area contributed by atoms with Gasteiger partial charge in [-0.2, -0.15) is 0 Å². The van der Waals surface area contributed by atoms with Gasteiger partial charge in [0.1, 0.15) is 0 Å². The molecule has 0 aromatic heterocycles. The molecule has 0 bridgehead atoms. The Morgan fingerprint density at radius 3 is 3.06 bits per heavy atom. The molecule has 3 rings (SSSR count). The van der Waals surface area contributed by atoms with Crippen LogP contribution in [0.2, 0.25) is 0 Å². The van der Waals surface area contributed by atoms with Gasteiger partial charge in [0.25, 0.3) is 0 Å². The zero-order chi connectivity index (χ0) is 11.3. The van der Waals surface area contributed by atoms with Crippen LogP contribution in [0.1, 0.15) is 39.5 Å². The smallest absolute Gasteiger partial charge is 0.309 e. The Hall–Kier alpha value is -0.790. The maximum atomic E-state index is 11.7. The van der Waals surface area contributed by atoms with Crippen LogP contribution in [0.5, 0.6) is 0 Å². The van der Waals surface area contributed by atoms with Gasteiger partial charge >= 0.3 is 5.97 Å². The highest BCUT2D eigenvalue weighted by molar-refractivity contribution is 5.75. The van der Waals surface area contributed by atoms with Crippen molar-refractivity contribution >= 4 is 5.97 Å². The van der Waals surface area contributed by atoms with E-state index in [9.17, 15) is 4.79 Å². The summed E-state index contributed by atoms with van der Waals surface area (Å²) in [7, 11) is 0. The van der Waals surface area contributed by atoms with Gasteiger partial charge in [0, 0.05) is 5.92 Å². The normalized spacial score (nSPS) is 46.8. The van der Waals surface area contributed by atoms with Crippen LogP contribution in [0, 0.1) is 23.2 Å². The molecule has 0 spiro atoms. The van der Waals surface area contributed by atoms with E-state index in [1.54, 1.807) is 5.57 Å². The van der Waals surface area contributed by atoms with Crippen LogP contribution in [0.15, 0.2) is 11.6 Å². The molecule has 1 aliphatic heterocycles. The molecule has 2 fully saturated rings. The molecule has 3 aliphatic rings. The highest BCUT2D eigenvalue weighted by Crippen LogP contribution is 2.57. The summed E-state index contributed by atoms with van der Waals surface area (Å²) in [6, 6.07) is 0. The fourth-order valence-corrected chi connectivity index (χ4v) is 4.32. The summed E-state index contributed by atoms with van der Waals surface area (Å²) in [5.41, 5.74) is 1.86. The number of fused-ring (bicyclic) bond motifs is 3. The molecule has 1 saturated heterocycles. The van der Waals surface area contributed by atoms with Crippen molar-refractivity contribution in [2.45, 2.75) is 39.5 Å². The maximum Gasteiger partial charge on any atom is 0.309 e. The standard InChI is InChI=1S/C14H20O2/c1-9-4-3-7-14(2)11(9)6-5-10-12(14)8-16-13(10)15/h4,10-12H,3,5-8H2,1-2H3/t10-,11-,12-,14-/m0/s1. The fraction of sp³-hybridized carbons (Fsp3) is 0.786. The predicted octanol–water partition coefficient (Wildman–Crippen LogP) is 2.93. The van der Waals surface area contributed by atoms with Crippen LogP contribution in [0.4, 0.5) is 0 Å². The number of esters is 1. The summed E-state index contributed by atoms with van der Waals surface area (Å²) >= 11 is 0. The second-order valence-electron chi connectivity index (χ2n) is 5.97. The molecule has 88 valence electrons. The van der Waals surface area contributed by atoms with E-state index in [2.05, 4.69) is 19.9 Å². The average molecular weight is 220 g/mol. The number of hydrogen-bond acceptors (Lipinski definition) is 2. The number of rotatable bonds is 0. The first-order valence-electron chi connectivity index (χ1n) is 6.46. The summed E-state index contributed by atoms with van der Waals surface area (Å²) in [6.07, 6.45) is 7.01. The van der Waals surface area contributed by atoms with Gasteiger partial charge in [-0.05, 0) is 43.9 Å². The second-order valence-corrected chi connectivity index (χ2v) is 5.97. The molecule has 0 unspecified atom stereocenters. The van der Waals surface area contributed by atoms with Crippen LogP contribution >= 0.6 is 0 Å². The molecular weight excluding hydrogens is 200 g/mol. The van der Waals surface area contributed by atoms with E-state index < -0.39 is 0 Å². The molecule has 1 saturated carbocycles. The SMILES string of the molecule is CC1=CCC[C@@]2(C)[C@H]1CC[C@@H]1C(=O)OC[C@@H]12. The van der Waals surface area contributed by atoms with E-state index in [1.165, 1.54) is 19.3 Å². The van der Waals surface area contributed by atoms with Crippen molar-refractivity contribution in [1.29, 1.82) is 0 Å². The molecular formula is C14H20O2. The molecule has 0 aromatic carbocycles. The lowest BCUT2D eigenvalue weighted by Crippen LogP contribution is -2.45. The van der Waals surface area contributed by atoms with Crippen LogP contribution < -0.4 is 0 Å². The van der Waals surface area contributed by atoms with E-state index in [0.29, 0.717) is 23.9 Å². The Morgan fingerprint density at radius 1 is 1.44 bits per heavy atom. The molecule has 0 aromatic rings. The van der Waals surface area contributed by atoms with Gasteiger partial charge in [-0.3, -0.25) is 4.79 Å². The van der Waals surface area contributed by atoms with Crippen molar-refractivity contribution in [3.63, 3.8) is 0 Å². The lowest BCUT2D eigenvalue weighted by atomic mass is 9.53. The summed E-state index contributed by atoms with van der Waals surface area (Å²) < 4.78 is 5.29. The van der Waals surface area contributed by atoms with E-state index >= 15 is 0 Å². The van der Waals surface area contributed by atoms with Crippen molar-refractivity contribution < 1.29 is 9.53 Å². The van der Waals surface area contributed by atoms with Crippen LogP contribution in [0.25, 0.3) is 0 Å². The number of carbonyl (C=O) groups is 1. The first kappa shape index (κ1) is 10.4. The molecule has 2 nitrogen and oxygen atoms in total. The highest BCUT2D eigenvalue weighted by Gasteiger charge is 2.54. The van der Waals surface area contributed by atoms with Gasteiger partial charge in [0.15, 0.2) is 0 Å². The van der Waals surface area contributed by atoms with Crippen molar-refractivity contribution in [3.8, 4) is 0 Å². The molecule has 1 heterocycles. The van der Waals surface area contributed by atoms with Gasteiger partial charge in [-0.25, -0.2) is 0 Å². The minimum Gasteiger partial charge on any atom is -0.465 e. The second kappa shape index (κ2) is 3.35. The van der Waals surface area contributed by atoms with Crippen molar-refractivity contribution in [1.82, 2.24) is 0 Å². The Labute approximate surface area is 97.1 Å².